The number of aryl methyl sites for hydroxylation is 1. The number of pyridine rings is 1. The number of aromatic nitrogens is 5. The number of methoxy groups -OCH3 is 1. The van der Waals surface area contributed by atoms with Crippen LogP contribution in [0.25, 0.3) is 5.69 Å². The Morgan fingerprint density at radius 3 is 2.81 bits per heavy atom. The van der Waals surface area contributed by atoms with Crippen molar-refractivity contribution >= 4 is 17.6 Å². The van der Waals surface area contributed by atoms with Crippen molar-refractivity contribution in [3.8, 4) is 11.4 Å². The van der Waals surface area contributed by atoms with Gasteiger partial charge in [-0.1, -0.05) is 0 Å². The van der Waals surface area contributed by atoms with Gasteiger partial charge in [-0.2, -0.15) is 10.1 Å². The minimum absolute atomic E-state index is 0.478. The van der Waals surface area contributed by atoms with E-state index < -0.39 is 0 Å². The average Bonchev–Trinajstić information content (AvgIpc) is 3.15. The van der Waals surface area contributed by atoms with Crippen molar-refractivity contribution in [1.29, 1.82) is 0 Å². The molecule has 1 fully saturated rings. The van der Waals surface area contributed by atoms with Gasteiger partial charge in [0.15, 0.2) is 5.75 Å². The summed E-state index contributed by atoms with van der Waals surface area (Å²) in [5, 5.41) is 11.1. The summed E-state index contributed by atoms with van der Waals surface area (Å²) in [6.07, 6.45) is 4.71. The van der Waals surface area contributed by atoms with Gasteiger partial charge in [0.1, 0.15) is 17.3 Å². The zero-order valence-electron chi connectivity index (χ0n) is 17.9. The lowest BCUT2D eigenvalue weighted by atomic mass is 10.1. The molecule has 0 atom stereocenters. The minimum Gasteiger partial charge on any atom is -0.493 e. The third kappa shape index (κ3) is 3.91. The first kappa shape index (κ1) is 19.7. The van der Waals surface area contributed by atoms with Gasteiger partial charge in [-0.25, -0.2) is 14.6 Å². The maximum absolute atomic E-state index is 5.56. The number of fused-ring (bicyclic) bond motifs is 1. The second-order valence-corrected chi connectivity index (χ2v) is 7.79. The average molecular weight is 422 g/mol. The number of anilines is 3. The molecule has 0 saturated carbocycles. The fraction of sp³-hybridized carbons (Fsp3) is 0.429. The van der Waals surface area contributed by atoms with Crippen LogP contribution in [0.15, 0.2) is 24.5 Å². The predicted molar refractivity (Wildman–Crippen MR) is 116 cm³/mol. The van der Waals surface area contributed by atoms with Crippen LogP contribution >= 0.6 is 0 Å². The number of nitrogens with one attached hydrogen (secondary N) is 2. The van der Waals surface area contributed by atoms with E-state index >= 15 is 0 Å². The molecule has 2 aliphatic rings. The fourth-order valence-corrected chi connectivity index (χ4v) is 3.91. The summed E-state index contributed by atoms with van der Waals surface area (Å²) >= 11 is 0. The molecule has 0 aliphatic carbocycles. The molecule has 0 amide bonds. The monoisotopic (exact) mass is 422 g/mol. The Balaban J connectivity index is 1.43. The topological polar surface area (TPSA) is 102 Å². The Bertz CT molecular complexity index is 1090. The van der Waals surface area contributed by atoms with Crippen LogP contribution in [0.2, 0.25) is 0 Å². The van der Waals surface area contributed by atoms with Gasteiger partial charge in [-0.15, -0.1) is 0 Å². The maximum atomic E-state index is 5.56. The van der Waals surface area contributed by atoms with Crippen molar-refractivity contribution in [2.75, 3.05) is 44.5 Å². The van der Waals surface area contributed by atoms with E-state index in [1.165, 1.54) is 5.56 Å². The highest BCUT2D eigenvalue weighted by atomic mass is 16.5. The highest BCUT2D eigenvalue weighted by Gasteiger charge is 2.30. The van der Waals surface area contributed by atoms with Gasteiger partial charge in [0.2, 0.25) is 5.95 Å². The first-order chi connectivity index (χ1) is 15.1. The SMILES string of the molecule is CNc1cc(C)nc(Nc2cc(-n3cc4c(n3)CCN(C3COC3)C4)c(OC)cn2)n1. The highest BCUT2D eigenvalue weighted by Crippen LogP contribution is 2.28. The summed E-state index contributed by atoms with van der Waals surface area (Å²) in [6, 6.07) is 4.31. The molecular formula is C21H26N8O2. The van der Waals surface area contributed by atoms with Crippen LogP contribution in [0.1, 0.15) is 17.0 Å². The second-order valence-electron chi connectivity index (χ2n) is 7.79. The summed E-state index contributed by atoms with van der Waals surface area (Å²) < 4.78 is 12.8. The second kappa shape index (κ2) is 8.12. The van der Waals surface area contributed by atoms with E-state index in [9.17, 15) is 0 Å². The first-order valence-corrected chi connectivity index (χ1v) is 10.4. The van der Waals surface area contributed by atoms with E-state index in [0.29, 0.717) is 23.6 Å². The molecule has 1 saturated heterocycles. The van der Waals surface area contributed by atoms with Crippen LogP contribution < -0.4 is 15.4 Å². The van der Waals surface area contributed by atoms with Gasteiger partial charge in [-0.3, -0.25) is 4.90 Å². The fourth-order valence-electron chi connectivity index (χ4n) is 3.91. The highest BCUT2D eigenvalue weighted by molar-refractivity contribution is 5.58. The Morgan fingerprint density at radius 2 is 2.06 bits per heavy atom. The van der Waals surface area contributed by atoms with Crippen LogP contribution in [-0.4, -0.2) is 69.6 Å². The lowest BCUT2D eigenvalue weighted by Crippen LogP contribution is -2.50. The Morgan fingerprint density at radius 1 is 1.19 bits per heavy atom. The van der Waals surface area contributed by atoms with Crippen LogP contribution in [0.3, 0.4) is 0 Å². The molecule has 5 heterocycles. The Labute approximate surface area is 180 Å². The minimum atomic E-state index is 0.478. The lowest BCUT2D eigenvalue weighted by Gasteiger charge is -2.38. The van der Waals surface area contributed by atoms with Crippen molar-refractivity contribution in [2.45, 2.75) is 25.9 Å². The quantitative estimate of drug-likeness (QED) is 0.617. The standard InChI is InChI=1S/C21H26N8O2/c1-13-6-19(22-2)25-21(24-13)26-20-7-17(18(30-3)8-23-20)29-10-14-9-28(15-11-31-12-15)5-4-16(14)27-29/h6-8,10,15H,4-5,9,11-12H2,1-3H3,(H2,22,23,24,25,26). The number of ether oxygens (including phenoxy) is 2. The Kier molecular flexibility index (Phi) is 5.16. The van der Waals surface area contributed by atoms with Crippen LogP contribution in [0.4, 0.5) is 17.6 Å². The molecule has 5 rings (SSSR count). The summed E-state index contributed by atoms with van der Waals surface area (Å²) in [6.45, 7) is 5.48. The van der Waals surface area contributed by atoms with E-state index in [1.807, 2.05) is 30.8 Å². The first-order valence-electron chi connectivity index (χ1n) is 10.4. The van der Waals surface area contributed by atoms with Gasteiger partial charge < -0.3 is 20.1 Å². The summed E-state index contributed by atoms with van der Waals surface area (Å²) in [5.41, 5.74) is 4.05. The zero-order valence-corrected chi connectivity index (χ0v) is 17.9. The largest absolute Gasteiger partial charge is 0.493 e. The number of nitrogens with zero attached hydrogens (tertiary/aromatic N) is 6. The zero-order chi connectivity index (χ0) is 21.4. The molecule has 10 heteroatoms. The van der Waals surface area contributed by atoms with Gasteiger partial charge in [0.25, 0.3) is 0 Å². The van der Waals surface area contributed by atoms with Gasteiger partial charge in [0.05, 0.1) is 38.3 Å². The molecule has 0 aromatic carbocycles. The molecule has 2 N–H and O–H groups in total. The predicted octanol–water partition coefficient (Wildman–Crippen LogP) is 1.92. The molecule has 10 nitrogen and oxygen atoms in total. The van der Waals surface area contributed by atoms with Gasteiger partial charge >= 0.3 is 0 Å². The normalized spacial score (nSPS) is 16.5. The summed E-state index contributed by atoms with van der Waals surface area (Å²) in [7, 11) is 3.46. The third-order valence-corrected chi connectivity index (χ3v) is 5.69. The Hall–Kier alpha value is -3.24. The summed E-state index contributed by atoms with van der Waals surface area (Å²) in [4.78, 5) is 15.8. The number of hydrogen-bond acceptors (Lipinski definition) is 9. The van der Waals surface area contributed by atoms with Crippen molar-refractivity contribution in [2.24, 2.45) is 0 Å². The molecule has 0 unspecified atom stereocenters. The summed E-state index contributed by atoms with van der Waals surface area (Å²) in [5.74, 6) is 2.48. The van der Waals surface area contributed by atoms with Crippen molar-refractivity contribution < 1.29 is 9.47 Å². The van der Waals surface area contributed by atoms with Crippen LogP contribution in [0, 0.1) is 6.92 Å². The number of hydrogen-bond donors (Lipinski definition) is 2. The molecule has 0 spiro atoms. The van der Waals surface area contributed by atoms with Crippen molar-refractivity contribution in [3.05, 3.63) is 41.5 Å². The molecule has 0 radical (unpaired) electrons. The van der Waals surface area contributed by atoms with E-state index in [4.69, 9.17) is 14.6 Å². The number of rotatable bonds is 6. The van der Waals surface area contributed by atoms with E-state index in [-0.39, 0.29) is 0 Å². The van der Waals surface area contributed by atoms with E-state index in [2.05, 4.69) is 36.7 Å². The van der Waals surface area contributed by atoms with Gasteiger partial charge in [0, 0.05) is 56.1 Å². The van der Waals surface area contributed by atoms with Crippen molar-refractivity contribution in [3.63, 3.8) is 0 Å². The van der Waals surface area contributed by atoms with Crippen molar-refractivity contribution in [1.82, 2.24) is 29.6 Å². The molecule has 2 aliphatic heterocycles. The smallest absolute Gasteiger partial charge is 0.230 e. The molecule has 0 bridgehead atoms. The molecular weight excluding hydrogens is 396 g/mol. The van der Waals surface area contributed by atoms with Crippen LogP contribution in [-0.2, 0) is 17.7 Å². The molecule has 31 heavy (non-hydrogen) atoms. The third-order valence-electron chi connectivity index (χ3n) is 5.69. The molecule has 3 aromatic rings. The van der Waals surface area contributed by atoms with Crippen LogP contribution in [0.5, 0.6) is 5.75 Å². The maximum Gasteiger partial charge on any atom is 0.230 e. The molecule has 3 aromatic heterocycles. The van der Waals surface area contributed by atoms with E-state index in [0.717, 1.165) is 55.6 Å². The molecule has 162 valence electrons. The van der Waals surface area contributed by atoms with E-state index in [1.54, 1.807) is 13.3 Å². The lowest BCUT2D eigenvalue weighted by molar-refractivity contribution is -0.0695. The van der Waals surface area contributed by atoms with Gasteiger partial charge in [-0.05, 0) is 6.92 Å².